The predicted octanol–water partition coefficient (Wildman–Crippen LogP) is 1.23. The van der Waals surface area contributed by atoms with E-state index in [1.165, 1.54) is 10.9 Å². The van der Waals surface area contributed by atoms with Crippen LogP contribution in [-0.4, -0.2) is 19.3 Å². The molecule has 0 aliphatic carbocycles. The summed E-state index contributed by atoms with van der Waals surface area (Å²) in [4.78, 5) is 16.1. The Morgan fingerprint density at radius 3 is 3.05 bits per heavy atom. The Labute approximate surface area is 114 Å². The van der Waals surface area contributed by atoms with Gasteiger partial charge in [-0.1, -0.05) is 6.92 Å². The first-order valence-corrected chi connectivity index (χ1v) is 6.44. The van der Waals surface area contributed by atoms with Gasteiger partial charge in [0.25, 0.3) is 0 Å². The molecule has 3 aromatic rings. The van der Waals surface area contributed by atoms with Crippen LogP contribution in [0.3, 0.4) is 0 Å². The fourth-order valence-electron chi connectivity index (χ4n) is 2.18. The summed E-state index contributed by atoms with van der Waals surface area (Å²) in [6.07, 6.45) is 2.45. The Morgan fingerprint density at radius 1 is 1.40 bits per heavy atom. The number of aromatic nitrogens is 4. The molecular weight excluding hydrogens is 258 g/mol. The van der Waals surface area contributed by atoms with Crippen molar-refractivity contribution in [2.24, 2.45) is 0 Å². The minimum absolute atomic E-state index is 0.329. The van der Waals surface area contributed by atoms with Crippen molar-refractivity contribution in [3.63, 3.8) is 0 Å². The summed E-state index contributed by atoms with van der Waals surface area (Å²) in [7, 11) is 0. The molecule has 0 fully saturated rings. The molecule has 0 spiro atoms. The molecule has 0 radical (unpaired) electrons. The Kier molecular flexibility index (Phi) is 3.02. The molecule has 0 aliphatic rings. The highest BCUT2D eigenvalue weighted by Crippen LogP contribution is 2.17. The van der Waals surface area contributed by atoms with Gasteiger partial charge in [-0.15, -0.1) is 0 Å². The number of benzene rings is 1. The third kappa shape index (κ3) is 2.07. The topological polar surface area (TPSA) is 91.9 Å². The Morgan fingerprint density at radius 2 is 2.25 bits per heavy atom. The van der Waals surface area contributed by atoms with Gasteiger partial charge in [0.05, 0.1) is 12.1 Å². The molecule has 7 heteroatoms. The first-order chi connectivity index (χ1) is 9.69. The van der Waals surface area contributed by atoms with Gasteiger partial charge in [0, 0.05) is 18.3 Å². The molecule has 0 atom stereocenters. The molecule has 0 saturated heterocycles. The number of fused-ring (bicyclic) bond motifs is 1. The van der Waals surface area contributed by atoms with Crippen LogP contribution in [0, 0.1) is 0 Å². The SMILES string of the molecule is CCCn1ncnc1Cn1c(=O)oc2cc(N)ccc21. The van der Waals surface area contributed by atoms with Crippen LogP contribution in [0.2, 0.25) is 0 Å². The average Bonchev–Trinajstić information content (AvgIpc) is 2.96. The van der Waals surface area contributed by atoms with E-state index >= 15 is 0 Å². The van der Waals surface area contributed by atoms with Gasteiger partial charge in [0.15, 0.2) is 5.58 Å². The van der Waals surface area contributed by atoms with E-state index in [4.69, 9.17) is 10.2 Å². The van der Waals surface area contributed by atoms with Gasteiger partial charge < -0.3 is 10.2 Å². The minimum atomic E-state index is -0.420. The van der Waals surface area contributed by atoms with E-state index in [0.29, 0.717) is 23.3 Å². The van der Waals surface area contributed by atoms with Gasteiger partial charge in [-0.2, -0.15) is 5.10 Å². The summed E-state index contributed by atoms with van der Waals surface area (Å²) >= 11 is 0. The molecule has 0 amide bonds. The van der Waals surface area contributed by atoms with Crippen LogP contribution < -0.4 is 11.5 Å². The maximum Gasteiger partial charge on any atom is 0.420 e. The van der Waals surface area contributed by atoms with Crippen molar-refractivity contribution in [2.45, 2.75) is 26.4 Å². The molecule has 0 bridgehead atoms. The molecule has 2 heterocycles. The number of rotatable bonds is 4. The van der Waals surface area contributed by atoms with Crippen molar-refractivity contribution in [1.82, 2.24) is 19.3 Å². The monoisotopic (exact) mass is 273 g/mol. The van der Waals surface area contributed by atoms with Crippen molar-refractivity contribution in [3.8, 4) is 0 Å². The van der Waals surface area contributed by atoms with Crippen molar-refractivity contribution in [1.29, 1.82) is 0 Å². The number of hydrogen-bond donors (Lipinski definition) is 1. The molecule has 20 heavy (non-hydrogen) atoms. The van der Waals surface area contributed by atoms with Crippen molar-refractivity contribution < 1.29 is 4.42 Å². The highest BCUT2D eigenvalue weighted by Gasteiger charge is 2.12. The molecular formula is C13H15N5O2. The zero-order valence-electron chi connectivity index (χ0n) is 11.1. The maximum atomic E-state index is 11.9. The quantitative estimate of drug-likeness (QED) is 0.722. The molecule has 0 saturated carbocycles. The number of aryl methyl sites for hydroxylation is 1. The van der Waals surface area contributed by atoms with E-state index in [9.17, 15) is 4.79 Å². The van der Waals surface area contributed by atoms with Crippen LogP contribution >= 0.6 is 0 Å². The summed E-state index contributed by atoms with van der Waals surface area (Å²) in [6, 6.07) is 5.16. The van der Waals surface area contributed by atoms with E-state index < -0.39 is 5.76 Å². The lowest BCUT2D eigenvalue weighted by Gasteiger charge is -2.05. The van der Waals surface area contributed by atoms with Gasteiger partial charge in [0.2, 0.25) is 0 Å². The summed E-state index contributed by atoms with van der Waals surface area (Å²) in [5.74, 6) is 0.310. The van der Waals surface area contributed by atoms with Crippen molar-refractivity contribution >= 4 is 16.8 Å². The minimum Gasteiger partial charge on any atom is -0.408 e. The molecule has 7 nitrogen and oxygen atoms in total. The van der Waals surface area contributed by atoms with Crippen LogP contribution in [0.5, 0.6) is 0 Å². The van der Waals surface area contributed by atoms with Crippen LogP contribution in [-0.2, 0) is 13.1 Å². The first kappa shape index (κ1) is 12.5. The summed E-state index contributed by atoms with van der Waals surface area (Å²) < 4.78 is 8.53. The summed E-state index contributed by atoms with van der Waals surface area (Å²) in [5, 5.41) is 4.15. The van der Waals surface area contributed by atoms with E-state index in [-0.39, 0.29) is 0 Å². The number of oxazole rings is 1. The molecule has 0 aliphatic heterocycles. The van der Waals surface area contributed by atoms with Crippen molar-refractivity contribution in [2.75, 3.05) is 5.73 Å². The van der Waals surface area contributed by atoms with Crippen LogP contribution in [0.1, 0.15) is 19.2 Å². The van der Waals surface area contributed by atoms with E-state index in [2.05, 4.69) is 17.0 Å². The Hall–Kier alpha value is -2.57. The van der Waals surface area contributed by atoms with Crippen molar-refractivity contribution in [3.05, 3.63) is 40.9 Å². The van der Waals surface area contributed by atoms with Gasteiger partial charge in [-0.25, -0.2) is 14.5 Å². The molecule has 104 valence electrons. The zero-order valence-corrected chi connectivity index (χ0v) is 11.1. The van der Waals surface area contributed by atoms with Gasteiger partial charge in [-0.05, 0) is 18.6 Å². The second-order valence-electron chi connectivity index (χ2n) is 4.58. The van der Waals surface area contributed by atoms with E-state index in [1.807, 2.05) is 0 Å². The van der Waals surface area contributed by atoms with Gasteiger partial charge in [-0.3, -0.25) is 4.57 Å². The molecule has 1 aromatic carbocycles. The molecule has 2 N–H and O–H groups in total. The second-order valence-corrected chi connectivity index (χ2v) is 4.58. The van der Waals surface area contributed by atoms with E-state index in [0.717, 1.165) is 18.8 Å². The standard InChI is InChI=1S/C13H15N5O2/c1-2-5-18-12(15-8-16-18)7-17-10-4-3-9(14)6-11(10)20-13(17)19/h3-4,6,8H,2,5,7,14H2,1H3. The number of nitrogens with zero attached hydrogens (tertiary/aromatic N) is 4. The lowest BCUT2D eigenvalue weighted by molar-refractivity contribution is 0.499. The fraction of sp³-hybridized carbons (Fsp3) is 0.308. The lowest BCUT2D eigenvalue weighted by Crippen LogP contribution is -2.18. The zero-order chi connectivity index (χ0) is 14.1. The third-order valence-electron chi connectivity index (χ3n) is 3.12. The smallest absolute Gasteiger partial charge is 0.408 e. The molecule has 3 rings (SSSR count). The largest absolute Gasteiger partial charge is 0.420 e. The second kappa shape index (κ2) is 4.84. The lowest BCUT2D eigenvalue weighted by atomic mass is 10.3. The van der Waals surface area contributed by atoms with Gasteiger partial charge >= 0.3 is 5.76 Å². The highest BCUT2D eigenvalue weighted by molar-refractivity contribution is 5.76. The highest BCUT2D eigenvalue weighted by atomic mass is 16.4. The summed E-state index contributed by atoms with van der Waals surface area (Å²) in [6.45, 7) is 3.16. The third-order valence-corrected chi connectivity index (χ3v) is 3.12. The number of hydrogen-bond acceptors (Lipinski definition) is 5. The van der Waals surface area contributed by atoms with Crippen LogP contribution in [0.25, 0.3) is 11.1 Å². The average molecular weight is 273 g/mol. The van der Waals surface area contributed by atoms with Crippen LogP contribution in [0.15, 0.2) is 33.7 Å². The normalized spacial score (nSPS) is 11.2. The number of anilines is 1. The summed E-state index contributed by atoms with van der Waals surface area (Å²) in [5.41, 5.74) is 7.43. The number of nitrogens with two attached hydrogens (primary N) is 1. The Bertz CT molecular complexity index is 799. The van der Waals surface area contributed by atoms with E-state index in [1.54, 1.807) is 22.9 Å². The van der Waals surface area contributed by atoms with Crippen LogP contribution in [0.4, 0.5) is 5.69 Å². The number of nitrogen functional groups attached to an aromatic ring is 1. The first-order valence-electron chi connectivity index (χ1n) is 6.44. The van der Waals surface area contributed by atoms with Gasteiger partial charge in [0.1, 0.15) is 12.2 Å². The predicted molar refractivity (Wildman–Crippen MR) is 74.3 cm³/mol. The molecule has 2 aromatic heterocycles. The Balaban J connectivity index is 2.04. The fourth-order valence-corrected chi connectivity index (χ4v) is 2.18. The molecule has 0 unspecified atom stereocenters. The maximum absolute atomic E-state index is 11.9.